The maximum absolute atomic E-state index is 12.9. The molecule has 0 bridgehead atoms. The minimum Gasteiger partial charge on any atom is -0.493 e. The van der Waals surface area contributed by atoms with Crippen molar-refractivity contribution in [2.24, 2.45) is 5.10 Å². The fourth-order valence-corrected chi connectivity index (χ4v) is 4.14. The number of carbonyl (C=O) groups excluding carboxylic acids is 1. The number of alkyl halides is 3. The molecule has 0 saturated carbocycles. The number of benzene rings is 2. The molecule has 2 atom stereocenters. The Bertz CT molecular complexity index is 1130. The zero-order valence-corrected chi connectivity index (χ0v) is 20.0. The zero-order chi connectivity index (χ0) is 26.5. The van der Waals surface area contributed by atoms with E-state index in [1.807, 2.05) is 18.7 Å². The first-order valence-electron chi connectivity index (χ1n) is 11.3. The van der Waals surface area contributed by atoms with Crippen LogP contribution in [-0.4, -0.2) is 47.7 Å². The minimum absolute atomic E-state index is 0.107. The Hall–Kier alpha value is -3.83. The number of piperidine rings is 1. The Morgan fingerprint density at radius 2 is 1.89 bits per heavy atom. The van der Waals surface area contributed by atoms with Gasteiger partial charge < -0.3 is 14.4 Å². The number of hydrogen-bond donors (Lipinski definition) is 1. The van der Waals surface area contributed by atoms with Crippen LogP contribution in [-0.2, 0) is 11.0 Å². The molecular formula is C24H27F3N4O5. The van der Waals surface area contributed by atoms with Crippen LogP contribution >= 0.6 is 0 Å². The molecule has 0 aromatic heterocycles. The van der Waals surface area contributed by atoms with Crippen molar-refractivity contribution < 1.29 is 32.4 Å². The maximum Gasteiger partial charge on any atom is 0.416 e. The van der Waals surface area contributed by atoms with Crippen molar-refractivity contribution in [1.29, 1.82) is 0 Å². The zero-order valence-electron chi connectivity index (χ0n) is 20.0. The molecule has 0 spiro atoms. The summed E-state index contributed by atoms with van der Waals surface area (Å²) < 4.78 is 49.6. The van der Waals surface area contributed by atoms with Crippen molar-refractivity contribution in [3.05, 3.63) is 57.6 Å². The van der Waals surface area contributed by atoms with Gasteiger partial charge in [0.05, 0.1) is 23.8 Å². The first kappa shape index (κ1) is 26.8. The topological polar surface area (TPSA) is 106 Å². The van der Waals surface area contributed by atoms with Crippen LogP contribution in [0.4, 0.5) is 24.5 Å². The first-order valence-corrected chi connectivity index (χ1v) is 11.3. The Morgan fingerprint density at radius 3 is 2.50 bits per heavy atom. The predicted octanol–water partition coefficient (Wildman–Crippen LogP) is 5.24. The largest absolute Gasteiger partial charge is 0.493 e. The Labute approximate surface area is 206 Å². The third kappa shape index (κ3) is 6.43. The molecular weight excluding hydrogens is 481 g/mol. The average molecular weight is 508 g/mol. The van der Waals surface area contributed by atoms with Crippen molar-refractivity contribution >= 4 is 23.5 Å². The number of amides is 1. The van der Waals surface area contributed by atoms with E-state index in [9.17, 15) is 28.1 Å². The fourth-order valence-electron chi connectivity index (χ4n) is 4.14. The smallest absolute Gasteiger partial charge is 0.416 e. The van der Waals surface area contributed by atoms with Crippen molar-refractivity contribution in [3.63, 3.8) is 0 Å². The van der Waals surface area contributed by atoms with Crippen molar-refractivity contribution in [3.8, 4) is 11.5 Å². The summed E-state index contributed by atoms with van der Waals surface area (Å²) in [6.45, 7) is 3.91. The van der Waals surface area contributed by atoms with Gasteiger partial charge in [0, 0.05) is 18.2 Å². The number of hydrazone groups is 1. The van der Waals surface area contributed by atoms with Gasteiger partial charge in [-0.05, 0) is 69.0 Å². The van der Waals surface area contributed by atoms with Crippen LogP contribution in [0.25, 0.3) is 0 Å². The Morgan fingerprint density at radius 1 is 1.19 bits per heavy atom. The summed E-state index contributed by atoms with van der Waals surface area (Å²) in [7, 11) is 1.43. The molecule has 0 aliphatic carbocycles. The highest BCUT2D eigenvalue weighted by Gasteiger charge is 2.33. The SMILES string of the molecule is COc1cc(/C=N\Nc2ccc(C(F)(F)F)cc2[N+](=O)[O-])ccc1OCC(=O)N1[C@H](C)CCC[C@@H]1C. The molecule has 2 aromatic carbocycles. The number of nitrogens with one attached hydrogen (secondary N) is 1. The molecule has 1 fully saturated rings. The number of nitro groups is 1. The molecule has 1 saturated heterocycles. The summed E-state index contributed by atoms with van der Waals surface area (Å²) in [4.78, 5) is 24.8. The molecule has 194 valence electrons. The molecule has 3 rings (SSSR count). The van der Waals surface area contributed by atoms with Gasteiger partial charge in [0.2, 0.25) is 0 Å². The van der Waals surface area contributed by atoms with Gasteiger partial charge in [0.25, 0.3) is 11.6 Å². The first-order chi connectivity index (χ1) is 17.0. The van der Waals surface area contributed by atoms with Gasteiger partial charge in [-0.1, -0.05) is 0 Å². The molecule has 1 aliphatic rings. The molecule has 1 amide bonds. The number of rotatable bonds is 8. The van der Waals surface area contributed by atoms with E-state index >= 15 is 0 Å². The van der Waals surface area contributed by atoms with Crippen molar-refractivity contribution in [2.45, 2.75) is 51.4 Å². The highest BCUT2D eigenvalue weighted by atomic mass is 19.4. The van der Waals surface area contributed by atoms with Crippen molar-refractivity contribution in [2.75, 3.05) is 19.1 Å². The van der Waals surface area contributed by atoms with E-state index in [-0.39, 0.29) is 30.3 Å². The highest BCUT2D eigenvalue weighted by Crippen LogP contribution is 2.35. The van der Waals surface area contributed by atoms with E-state index < -0.39 is 22.4 Å². The quantitative estimate of drug-likeness (QED) is 0.297. The van der Waals surface area contributed by atoms with Gasteiger partial charge in [-0.15, -0.1) is 0 Å². The van der Waals surface area contributed by atoms with E-state index in [1.165, 1.54) is 13.3 Å². The number of ether oxygens (including phenoxy) is 2. The Kier molecular flexibility index (Phi) is 8.38. The van der Waals surface area contributed by atoms with Gasteiger partial charge in [0.1, 0.15) is 5.69 Å². The molecule has 9 nitrogen and oxygen atoms in total. The van der Waals surface area contributed by atoms with Gasteiger partial charge in [-0.25, -0.2) is 0 Å². The van der Waals surface area contributed by atoms with Gasteiger partial charge >= 0.3 is 6.18 Å². The summed E-state index contributed by atoms with van der Waals surface area (Å²) in [5.74, 6) is 0.586. The molecule has 1 aliphatic heterocycles. The molecule has 36 heavy (non-hydrogen) atoms. The van der Waals surface area contributed by atoms with Gasteiger partial charge in [-0.3, -0.25) is 20.3 Å². The standard InChI is InChI=1S/C24H27F3N4O5/c1-15-5-4-6-16(2)30(15)23(32)14-36-21-10-7-17(11-22(21)35-3)13-28-29-19-9-8-18(24(25,26)27)12-20(19)31(33)34/h7-13,15-16,29H,4-6,14H2,1-3H3/b28-13-/t15-,16+. The summed E-state index contributed by atoms with van der Waals surface area (Å²) >= 11 is 0. The van der Waals surface area contributed by atoms with E-state index in [4.69, 9.17) is 9.47 Å². The predicted molar refractivity (Wildman–Crippen MR) is 127 cm³/mol. The molecule has 1 heterocycles. The van der Waals surface area contributed by atoms with Crippen LogP contribution in [0.5, 0.6) is 11.5 Å². The fraction of sp³-hybridized carbons (Fsp3) is 0.417. The van der Waals surface area contributed by atoms with Crippen LogP contribution in [0.1, 0.15) is 44.2 Å². The number of halogens is 3. The summed E-state index contributed by atoms with van der Waals surface area (Å²) in [5, 5.41) is 15.1. The molecule has 2 aromatic rings. The number of carbonyl (C=O) groups is 1. The summed E-state index contributed by atoms with van der Waals surface area (Å²) in [6, 6.07) is 7.22. The van der Waals surface area contributed by atoms with E-state index in [0.29, 0.717) is 23.1 Å². The minimum atomic E-state index is -4.71. The second kappa shape index (κ2) is 11.3. The third-order valence-corrected chi connectivity index (χ3v) is 5.94. The highest BCUT2D eigenvalue weighted by molar-refractivity contribution is 5.82. The van der Waals surface area contributed by atoms with E-state index in [1.54, 1.807) is 18.2 Å². The van der Waals surface area contributed by atoms with Crippen LogP contribution in [0.3, 0.4) is 0 Å². The van der Waals surface area contributed by atoms with Crippen LogP contribution in [0.2, 0.25) is 0 Å². The summed E-state index contributed by atoms with van der Waals surface area (Å²) in [6.07, 6.45) is -0.392. The molecule has 12 heteroatoms. The maximum atomic E-state index is 12.9. The van der Waals surface area contributed by atoms with Crippen molar-refractivity contribution in [1.82, 2.24) is 4.90 Å². The monoisotopic (exact) mass is 508 g/mol. The number of nitro benzene ring substituents is 1. The van der Waals surface area contributed by atoms with Crippen LogP contribution < -0.4 is 14.9 Å². The lowest BCUT2D eigenvalue weighted by Gasteiger charge is -2.39. The van der Waals surface area contributed by atoms with Crippen LogP contribution in [0.15, 0.2) is 41.5 Å². The second-order valence-corrected chi connectivity index (χ2v) is 8.49. The third-order valence-electron chi connectivity index (χ3n) is 5.94. The van der Waals surface area contributed by atoms with E-state index in [0.717, 1.165) is 31.4 Å². The van der Waals surface area contributed by atoms with Gasteiger partial charge in [0.15, 0.2) is 18.1 Å². The van der Waals surface area contributed by atoms with Gasteiger partial charge in [-0.2, -0.15) is 18.3 Å². The lowest BCUT2D eigenvalue weighted by Crippen LogP contribution is -2.49. The molecule has 0 unspecified atom stereocenters. The number of methoxy groups -OCH3 is 1. The Balaban J connectivity index is 1.68. The lowest BCUT2D eigenvalue weighted by molar-refractivity contribution is -0.384. The van der Waals surface area contributed by atoms with E-state index in [2.05, 4.69) is 10.5 Å². The summed E-state index contributed by atoms with van der Waals surface area (Å²) in [5.41, 5.74) is 0.826. The number of anilines is 1. The normalized spacial score (nSPS) is 18.2. The number of nitrogens with zero attached hydrogens (tertiary/aromatic N) is 3. The van der Waals surface area contributed by atoms with Crippen LogP contribution in [0, 0.1) is 10.1 Å². The number of likely N-dealkylation sites (tertiary alicyclic amines) is 1. The molecule has 0 radical (unpaired) electrons. The average Bonchev–Trinajstić information content (AvgIpc) is 2.82. The number of hydrogen-bond acceptors (Lipinski definition) is 7. The lowest BCUT2D eigenvalue weighted by atomic mass is 9.97. The second-order valence-electron chi connectivity index (χ2n) is 8.49. The molecule has 1 N–H and O–H groups in total.